The van der Waals surface area contributed by atoms with Crippen LogP contribution < -0.4 is 0 Å². The molecule has 0 aromatic heterocycles. The van der Waals surface area contributed by atoms with Crippen molar-refractivity contribution in [2.75, 3.05) is 0 Å². The van der Waals surface area contributed by atoms with Gasteiger partial charge in [-0.2, -0.15) is 0 Å². The molecule has 1 aliphatic rings. The number of esters is 1. The maximum Gasteiger partial charge on any atom is 0.312 e. The molecule has 1 atom stereocenters. The second-order valence-electron chi connectivity index (χ2n) is 8.92. The molecule has 0 spiro atoms. The van der Waals surface area contributed by atoms with Crippen LogP contribution in [0, 0.1) is 22.7 Å². The Hall–Kier alpha value is -0.530. The van der Waals surface area contributed by atoms with Gasteiger partial charge in [0.25, 0.3) is 0 Å². The zero-order valence-electron chi connectivity index (χ0n) is 16.0. The molecule has 130 valence electrons. The number of carbonyl (C=O) groups is 1. The third kappa shape index (κ3) is 4.99. The van der Waals surface area contributed by atoms with Crippen LogP contribution in [-0.2, 0) is 9.53 Å². The van der Waals surface area contributed by atoms with E-state index in [0.717, 1.165) is 38.0 Å². The van der Waals surface area contributed by atoms with Gasteiger partial charge in [-0.3, -0.25) is 4.79 Å². The Morgan fingerprint density at radius 1 is 1.09 bits per heavy atom. The molecule has 0 aromatic rings. The highest BCUT2D eigenvalue weighted by Gasteiger charge is 2.39. The minimum atomic E-state index is -0.323. The summed E-state index contributed by atoms with van der Waals surface area (Å²) in [6.45, 7) is 15.5. The molecule has 0 radical (unpaired) electrons. The summed E-state index contributed by atoms with van der Waals surface area (Å²) in [5.74, 6) is 1.13. The van der Waals surface area contributed by atoms with Crippen LogP contribution in [0.3, 0.4) is 0 Å². The average molecular weight is 311 g/mol. The molecular formula is C20H38O2. The highest BCUT2D eigenvalue weighted by molar-refractivity contribution is 5.76. The Balaban J connectivity index is 2.57. The second kappa shape index (κ2) is 7.84. The van der Waals surface area contributed by atoms with Crippen molar-refractivity contribution in [1.82, 2.24) is 0 Å². The van der Waals surface area contributed by atoms with Crippen molar-refractivity contribution in [3.8, 4) is 0 Å². The lowest BCUT2D eigenvalue weighted by Gasteiger charge is -2.38. The van der Waals surface area contributed by atoms with E-state index < -0.39 is 0 Å². The molecule has 0 aromatic carbocycles. The van der Waals surface area contributed by atoms with Gasteiger partial charge in [0.2, 0.25) is 0 Å². The number of ether oxygens (including phenoxy) is 1. The van der Waals surface area contributed by atoms with Crippen LogP contribution in [0.15, 0.2) is 0 Å². The molecular weight excluding hydrogens is 272 g/mol. The van der Waals surface area contributed by atoms with Crippen LogP contribution in [-0.4, -0.2) is 12.1 Å². The van der Waals surface area contributed by atoms with Crippen molar-refractivity contribution in [2.45, 2.75) is 99.5 Å². The maximum absolute atomic E-state index is 12.7. The van der Waals surface area contributed by atoms with Crippen molar-refractivity contribution in [3.05, 3.63) is 0 Å². The van der Waals surface area contributed by atoms with Crippen molar-refractivity contribution < 1.29 is 9.53 Å². The first-order valence-corrected chi connectivity index (χ1v) is 9.32. The highest BCUT2D eigenvalue weighted by atomic mass is 16.5. The molecule has 0 aliphatic heterocycles. The van der Waals surface area contributed by atoms with Gasteiger partial charge in [0.15, 0.2) is 0 Å². The minimum absolute atomic E-state index is 0.0372. The zero-order valence-corrected chi connectivity index (χ0v) is 16.0. The maximum atomic E-state index is 12.7. The Bertz CT molecular complexity index is 345. The minimum Gasteiger partial charge on any atom is -0.462 e. The first-order chi connectivity index (χ1) is 10.1. The molecule has 0 N–H and O–H groups in total. The van der Waals surface area contributed by atoms with E-state index in [-0.39, 0.29) is 17.5 Å². The van der Waals surface area contributed by atoms with Crippen LogP contribution >= 0.6 is 0 Å². The van der Waals surface area contributed by atoms with Gasteiger partial charge in [-0.1, -0.05) is 54.4 Å². The molecule has 22 heavy (non-hydrogen) atoms. The summed E-state index contributed by atoms with van der Waals surface area (Å²) in [5.41, 5.74) is 0.0550. The van der Waals surface area contributed by atoms with Crippen molar-refractivity contribution >= 4 is 5.97 Å². The Kier molecular flexibility index (Phi) is 6.95. The van der Waals surface area contributed by atoms with Crippen LogP contribution in [0.4, 0.5) is 0 Å². The Morgan fingerprint density at radius 2 is 1.64 bits per heavy atom. The third-order valence-electron chi connectivity index (χ3n) is 5.96. The fraction of sp³-hybridized carbons (Fsp3) is 0.950. The molecule has 1 fully saturated rings. The zero-order chi connectivity index (χ0) is 17.0. The number of hydrogen-bond acceptors (Lipinski definition) is 2. The number of rotatable bonds is 6. The normalized spacial score (nSPS) is 25.8. The van der Waals surface area contributed by atoms with E-state index in [1.807, 2.05) is 0 Å². The lowest BCUT2D eigenvalue weighted by atomic mass is 9.71. The topological polar surface area (TPSA) is 26.3 Å². The monoisotopic (exact) mass is 310 g/mol. The van der Waals surface area contributed by atoms with E-state index in [9.17, 15) is 4.79 Å². The molecule has 0 heterocycles. The van der Waals surface area contributed by atoms with Gasteiger partial charge in [0.1, 0.15) is 6.10 Å². The molecule has 1 saturated carbocycles. The predicted molar refractivity (Wildman–Crippen MR) is 93.8 cm³/mol. The summed E-state index contributed by atoms with van der Waals surface area (Å²) in [4.78, 5) is 12.7. The molecule has 1 aliphatic carbocycles. The Morgan fingerprint density at radius 3 is 2.05 bits per heavy atom. The fourth-order valence-electron chi connectivity index (χ4n) is 3.50. The lowest BCUT2D eigenvalue weighted by Crippen LogP contribution is -2.39. The van der Waals surface area contributed by atoms with Gasteiger partial charge in [-0.05, 0) is 56.3 Å². The standard InChI is InChI=1S/C20H38O2/c1-8-9-14-20(7,15(2)3)18(21)22-17-12-10-16(11-13-17)19(4,5)6/h15-17H,8-14H2,1-7H3. The summed E-state index contributed by atoms with van der Waals surface area (Å²) in [5, 5.41) is 0. The lowest BCUT2D eigenvalue weighted by molar-refractivity contribution is -0.166. The van der Waals surface area contributed by atoms with Crippen LogP contribution in [0.25, 0.3) is 0 Å². The SMILES string of the molecule is CCCCC(C)(C(=O)OC1CCC(C(C)(C)C)CC1)C(C)C. The van der Waals surface area contributed by atoms with Crippen molar-refractivity contribution in [1.29, 1.82) is 0 Å². The molecule has 2 nitrogen and oxygen atoms in total. The van der Waals surface area contributed by atoms with Crippen LogP contribution in [0.2, 0.25) is 0 Å². The van der Waals surface area contributed by atoms with Crippen LogP contribution in [0.1, 0.15) is 93.4 Å². The summed E-state index contributed by atoms with van der Waals surface area (Å²) < 4.78 is 5.94. The average Bonchev–Trinajstić information content (AvgIpc) is 2.44. The molecule has 0 bridgehead atoms. The molecule has 2 heteroatoms. The molecule has 1 rings (SSSR count). The van der Waals surface area contributed by atoms with Gasteiger partial charge in [-0.15, -0.1) is 0 Å². The smallest absolute Gasteiger partial charge is 0.312 e. The van der Waals surface area contributed by atoms with Gasteiger partial charge < -0.3 is 4.74 Å². The van der Waals surface area contributed by atoms with E-state index in [4.69, 9.17) is 4.74 Å². The molecule has 0 amide bonds. The molecule has 1 unspecified atom stereocenters. The largest absolute Gasteiger partial charge is 0.462 e. The highest BCUT2D eigenvalue weighted by Crippen LogP contribution is 2.40. The predicted octanol–water partition coefficient (Wildman–Crippen LogP) is 5.99. The van der Waals surface area contributed by atoms with Gasteiger partial charge in [0, 0.05) is 0 Å². The third-order valence-corrected chi connectivity index (χ3v) is 5.96. The summed E-state index contributed by atoms with van der Waals surface area (Å²) in [6.07, 6.45) is 7.77. The summed E-state index contributed by atoms with van der Waals surface area (Å²) in [6, 6.07) is 0. The van der Waals surface area contributed by atoms with Gasteiger partial charge in [0.05, 0.1) is 5.41 Å². The van der Waals surface area contributed by atoms with Crippen molar-refractivity contribution in [3.63, 3.8) is 0 Å². The van der Waals surface area contributed by atoms with Gasteiger partial charge in [-0.25, -0.2) is 0 Å². The number of unbranched alkanes of at least 4 members (excludes halogenated alkanes) is 1. The van der Waals surface area contributed by atoms with E-state index >= 15 is 0 Å². The molecule has 0 saturated heterocycles. The van der Waals surface area contributed by atoms with E-state index in [1.54, 1.807) is 0 Å². The first-order valence-electron chi connectivity index (χ1n) is 9.32. The van der Waals surface area contributed by atoms with E-state index in [2.05, 4.69) is 48.5 Å². The van der Waals surface area contributed by atoms with Crippen LogP contribution in [0.5, 0.6) is 0 Å². The van der Waals surface area contributed by atoms with Crippen molar-refractivity contribution in [2.24, 2.45) is 22.7 Å². The fourth-order valence-corrected chi connectivity index (χ4v) is 3.50. The quantitative estimate of drug-likeness (QED) is 0.563. The second-order valence-corrected chi connectivity index (χ2v) is 8.92. The number of hydrogen-bond donors (Lipinski definition) is 0. The number of carbonyl (C=O) groups excluding carboxylic acids is 1. The Labute approximate surface area is 138 Å². The summed E-state index contributed by atoms with van der Waals surface area (Å²) in [7, 11) is 0. The summed E-state index contributed by atoms with van der Waals surface area (Å²) >= 11 is 0. The van der Waals surface area contributed by atoms with Gasteiger partial charge >= 0.3 is 5.97 Å². The first kappa shape index (κ1) is 19.5. The van der Waals surface area contributed by atoms with E-state index in [0.29, 0.717) is 11.3 Å². The van der Waals surface area contributed by atoms with E-state index in [1.165, 1.54) is 12.8 Å².